The maximum Gasteiger partial charge on any atom is 0.275 e. The molecule has 0 bridgehead atoms. The SMILES string of the molecule is Cc1ccccc1-c1nc2ccccn2c1NC(=O)c1cc(N2CCOCC2)ncn1. The van der Waals surface area contributed by atoms with Crippen molar-refractivity contribution < 1.29 is 9.53 Å². The molecule has 1 N–H and O–H groups in total. The van der Waals surface area contributed by atoms with Crippen molar-refractivity contribution in [2.24, 2.45) is 0 Å². The number of pyridine rings is 1. The number of hydrogen-bond acceptors (Lipinski definition) is 6. The Labute approximate surface area is 179 Å². The molecular formula is C23H22N6O2. The van der Waals surface area contributed by atoms with Crippen LogP contribution >= 0.6 is 0 Å². The van der Waals surface area contributed by atoms with Crippen LogP contribution in [0.25, 0.3) is 16.9 Å². The zero-order chi connectivity index (χ0) is 21.2. The highest BCUT2D eigenvalue weighted by atomic mass is 16.5. The largest absolute Gasteiger partial charge is 0.378 e. The normalized spacial score (nSPS) is 14.0. The highest BCUT2D eigenvalue weighted by Gasteiger charge is 2.20. The summed E-state index contributed by atoms with van der Waals surface area (Å²) in [7, 11) is 0. The number of anilines is 2. The zero-order valence-corrected chi connectivity index (χ0v) is 17.2. The summed E-state index contributed by atoms with van der Waals surface area (Å²) in [6, 6.07) is 15.5. The minimum atomic E-state index is -0.308. The van der Waals surface area contributed by atoms with Crippen LogP contribution in [0.15, 0.2) is 61.1 Å². The first-order valence-corrected chi connectivity index (χ1v) is 10.2. The van der Waals surface area contributed by atoms with Crippen molar-refractivity contribution in [1.29, 1.82) is 0 Å². The van der Waals surface area contributed by atoms with Crippen LogP contribution in [-0.2, 0) is 4.74 Å². The Morgan fingerprint density at radius 2 is 1.87 bits per heavy atom. The third kappa shape index (κ3) is 3.73. The van der Waals surface area contributed by atoms with Gasteiger partial charge in [0.2, 0.25) is 0 Å². The third-order valence-corrected chi connectivity index (χ3v) is 5.38. The molecule has 1 fully saturated rings. The first-order chi connectivity index (χ1) is 15.2. The Hall–Kier alpha value is -3.78. The van der Waals surface area contributed by atoms with E-state index < -0.39 is 0 Å². The minimum absolute atomic E-state index is 0.304. The lowest BCUT2D eigenvalue weighted by molar-refractivity contribution is 0.102. The summed E-state index contributed by atoms with van der Waals surface area (Å²) in [5.41, 5.74) is 3.84. The predicted octanol–water partition coefficient (Wildman–Crippen LogP) is 3.19. The average molecular weight is 414 g/mol. The number of amides is 1. The molecule has 156 valence electrons. The zero-order valence-electron chi connectivity index (χ0n) is 17.2. The Kier molecular flexibility index (Phi) is 5.05. The lowest BCUT2D eigenvalue weighted by Gasteiger charge is -2.27. The molecule has 5 rings (SSSR count). The second-order valence-electron chi connectivity index (χ2n) is 7.37. The van der Waals surface area contributed by atoms with E-state index in [4.69, 9.17) is 9.72 Å². The molecule has 0 unspecified atom stereocenters. The number of benzene rings is 1. The van der Waals surface area contributed by atoms with Gasteiger partial charge >= 0.3 is 0 Å². The Bertz CT molecular complexity index is 1250. The molecule has 0 radical (unpaired) electrons. The number of nitrogens with one attached hydrogen (secondary N) is 1. The molecule has 4 heterocycles. The quantitative estimate of drug-likeness (QED) is 0.552. The molecule has 0 spiro atoms. The third-order valence-electron chi connectivity index (χ3n) is 5.38. The molecule has 8 nitrogen and oxygen atoms in total. The second-order valence-corrected chi connectivity index (χ2v) is 7.37. The van der Waals surface area contributed by atoms with E-state index in [2.05, 4.69) is 20.2 Å². The van der Waals surface area contributed by atoms with Gasteiger partial charge in [-0.1, -0.05) is 30.3 Å². The number of hydrogen-bond donors (Lipinski definition) is 1. The maximum atomic E-state index is 13.2. The number of carbonyl (C=O) groups excluding carboxylic acids is 1. The van der Waals surface area contributed by atoms with E-state index in [1.165, 1.54) is 6.33 Å². The van der Waals surface area contributed by atoms with Gasteiger partial charge in [0.15, 0.2) is 0 Å². The highest BCUT2D eigenvalue weighted by molar-refractivity contribution is 6.05. The molecule has 31 heavy (non-hydrogen) atoms. The number of nitrogens with zero attached hydrogens (tertiary/aromatic N) is 5. The van der Waals surface area contributed by atoms with Crippen LogP contribution in [0.2, 0.25) is 0 Å². The number of ether oxygens (including phenoxy) is 1. The average Bonchev–Trinajstić information content (AvgIpc) is 3.18. The summed E-state index contributed by atoms with van der Waals surface area (Å²) >= 11 is 0. The number of aryl methyl sites for hydroxylation is 1. The Balaban J connectivity index is 1.51. The Morgan fingerprint density at radius 3 is 2.71 bits per heavy atom. The van der Waals surface area contributed by atoms with Gasteiger partial charge in [0.25, 0.3) is 5.91 Å². The number of aromatic nitrogens is 4. The van der Waals surface area contributed by atoms with Crippen LogP contribution in [0.3, 0.4) is 0 Å². The summed E-state index contributed by atoms with van der Waals surface area (Å²) in [4.78, 5) is 28.6. The molecule has 1 aliphatic rings. The van der Waals surface area contributed by atoms with E-state index in [9.17, 15) is 4.79 Å². The van der Waals surface area contributed by atoms with Crippen LogP contribution in [0.1, 0.15) is 16.1 Å². The molecule has 3 aromatic heterocycles. The smallest absolute Gasteiger partial charge is 0.275 e. The molecule has 0 atom stereocenters. The summed E-state index contributed by atoms with van der Waals surface area (Å²) < 4.78 is 7.28. The Morgan fingerprint density at radius 1 is 1.06 bits per heavy atom. The van der Waals surface area contributed by atoms with E-state index >= 15 is 0 Å². The topological polar surface area (TPSA) is 84.7 Å². The van der Waals surface area contributed by atoms with Crippen LogP contribution in [0.5, 0.6) is 0 Å². The molecule has 4 aromatic rings. The van der Waals surface area contributed by atoms with Crippen LogP contribution in [-0.4, -0.2) is 51.6 Å². The molecule has 8 heteroatoms. The van der Waals surface area contributed by atoms with Gasteiger partial charge in [-0.05, 0) is 24.6 Å². The van der Waals surface area contributed by atoms with Crippen molar-refractivity contribution in [3.63, 3.8) is 0 Å². The number of morpholine rings is 1. The van der Waals surface area contributed by atoms with E-state index in [1.807, 2.05) is 60.0 Å². The van der Waals surface area contributed by atoms with E-state index in [0.29, 0.717) is 24.7 Å². The highest BCUT2D eigenvalue weighted by Crippen LogP contribution is 2.31. The number of imidazole rings is 1. The van der Waals surface area contributed by atoms with Gasteiger partial charge in [-0.3, -0.25) is 9.20 Å². The van der Waals surface area contributed by atoms with Gasteiger partial charge in [-0.2, -0.15) is 0 Å². The fourth-order valence-electron chi connectivity index (χ4n) is 3.75. The van der Waals surface area contributed by atoms with Gasteiger partial charge in [0.1, 0.15) is 35.0 Å². The number of rotatable bonds is 4. The monoisotopic (exact) mass is 414 g/mol. The summed E-state index contributed by atoms with van der Waals surface area (Å²) in [6.45, 7) is 4.80. The van der Waals surface area contributed by atoms with Crippen molar-refractivity contribution >= 4 is 23.2 Å². The van der Waals surface area contributed by atoms with Gasteiger partial charge in [0.05, 0.1) is 13.2 Å². The molecule has 1 amide bonds. The van der Waals surface area contributed by atoms with Crippen molar-refractivity contribution in [2.45, 2.75) is 6.92 Å². The molecular weight excluding hydrogens is 392 g/mol. The van der Waals surface area contributed by atoms with E-state index in [1.54, 1.807) is 6.07 Å². The molecule has 0 saturated carbocycles. The summed E-state index contributed by atoms with van der Waals surface area (Å²) in [5.74, 6) is 1.03. The van der Waals surface area contributed by atoms with E-state index in [0.717, 1.165) is 41.4 Å². The van der Waals surface area contributed by atoms with Crippen LogP contribution in [0, 0.1) is 6.92 Å². The van der Waals surface area contributed by atoms with Crippen molar-refractivity contribution in [2.75, 3.05) is 36.5 Å². The van der Waals surface area contributed by atoms with Crippen LogP contribution < -0.4 is 10.2 Å². The number of carbonyl (C=O) groups is 1. The van der Waals surface area contributed by atoms with Gasteiger partial charge < -0.3 is 15.0 Å². The molecule has 1 aromatic carbocycles. The van der Waals surface area contributed by atoms with Gasteiger partial charge in [-0.15, -0.1) is 0 Å². The standard InChI is InChI=1S/C23H22N6O2/c1-16-6-2-3-7-17(16)21-22(29-9-5-4-8-19(29)26-21)27-23(30)18-14-20(25-15-24-18)28-10-12-31-13-11-28/h2-9,14-15H,10-13H2,1H3,(H,27,30). The van der Waals surface area contributed by atoms with Crippen molar-refractivity contribution in [3.05, 3.63) is 72.3 Å². The van der Waals surface area contributed by atoms with Gasteiger partial charge in [0, 0.05) is 30.9 Å². The summed E-state index contributed by atoms with van der Waals surface area (Å²) in [6.07, 6.45) is 3.31. The molecule has 0 aliphatic carbocycles. The summed E-state index contributed by atoms with van der Waals surface area (Å²) in [5, 5.41) is 3.03. The fourth-order valence-corrected chi connectivity index (χ4v) is 3.75. The minimum Gasteiger partial charge on any atom is -0.378 e. The van der Waals surface area contributed by atoms with Crippen molar-refractivity contribution in [1.82, 2.24) is 19.4 Å². The van der Waals surface area contributed by atoms with E-state index in [-0.39, 0.29) is 5.91 Å². The first kappa shape index (κ1) is 19.2. The predicted molar refractivity (Wildman–Crippen MR) is 118 cm³/mol. The number of fused-ring (bicyclic) bond motifs is 1. The molecule has 1 aliphatic heterocycles. The maximum absolute atomic E-state index is 13.2. The fraction of sp³-hybridized carbons (Fsp3) is 0.217. The lowest BCUT2D eigenvalue weighted by atomic mass is 10.1. The molecule has 1 saturated heterocycles. The van der Waals surface area contributed by atoms with Crippen LogP contribution in [0.4, 0.5) is 11.6 Å². The first-order valence-electron chi connectivity index (χ1n) is 10.2. The second kappa shape index (κ2) is 8.16. The van der Waals surface area contributed by atoms with Gasteiger partial charge in [-0.25, -0.2) is 15.0 Å². The lowest BCUT2D eigenvalue weighted by Crippen LogP contribution is -2.37. The van der Waals surface area contributed by atoms with Crippen molar-refractivity contribution in [3.8, 4) is 11.3 Å².